The standard InChI is InChI=1S/C18H32N6O2/c1-3-5-18(13-25)12-24(6-4-14(18)26)16-11-15(20-17(19)21-16)23-9-7-22(2)8-10-23/h11,14,25-26H,3-10,12-13H2,1-2H3,(H2,19,20,21)/t14-,18+/m1/s1. The molecule has 0 radical (unpaired) electrons. The minimum absolute atomic E-state index is 0.0234. The van der Waals surface area contributed by atoms with Gasteiger partial charge in [-0.05, 0) is 19.9 Å². The summed E-state index contributed by atoms with van der Waals surface area (Å²) in [4.78, 5) is 15.6. The molecule has 0 amide bonds. The molecule has 0 spiro atoms. The Labute approximate surface area is 155 Å². The first kappa shape index (κ1) is 19.1. The largest absolute Gasteiger partial charge is 0.396 e. The highest BCUT2D eigenvalue weighted by Crippen LogP contribution is 2.36. The first-order chi connectivity index (χ1) is 12.5. The Morgan fingerprint density at radius 3 is 2.42 bits per heavy atom. The van der Waals surface area contributed by atoms with E-state index in [4.69, 9.17) is 5.73 Å². The SMILES string of the molecule is CCC[C@@]1(CO)CN(c2cc(N3CCN(C)CC3)nc(N)n2)CC[C@H]1O. The van der Waals surface area contributed by atoms with Gasteiger partial charge in [0.15, 0.2) is 0 Å². The lowest BCUT2D eigenvalue weighted by atomic mass is 9.74. The molecule has 3 rings (SSSR count). The van der Waals surface area contributed by atoms with Gasteiger partial charge < -0.3 is 30.6 Å². The molecule has 146 valence electrons. The molecule has 8 heteroatoms. The monoisotopic (exact) mass is 364 g/mol. The summed E-state index contributed by atoms with van der Waals surface area (Å²) in [6.07, 6.45) is 1.84. The zero-order valence-electron chi connectivity index (χ0n) is 15.9. The van der Waals surface area contributed by atoms with Gasteiger partial charge in [-0.25, -0.2) is 0 Å². The predicted octanol–water partition coefficient (Wildman–Crippen LogP) is 0.160. The van der Waals surface area contributed by atoms with Gasteiger partial charge in [-0.1, -0.05) is 13.3 Å². The molecule has 2 saturated heterocycles. The second-order valence-electron chi connectivity index (χ2n) is 7.73. The number of piperidine rings is 1. The summed E-state index contributed by atoms with van der Waals surface area (Å²) in [5, 5.41) is 20.5. The molecule has 0 saturated carbocycles. The number of likely N-dealkylation sites (N-methyl/N-ethyl adjacent to an activating group) is 1. The molecule has 0 aromatic carbocycles. The number of nitrogens with zero attached hydrogens (tertiary/aromatic N) is 5. The van der Waals surface area contributed by atoms with Crippen molar-refractivity contribution in [2.45, 2.75) is 32.3 Å². The molecule has 0 aliphatic carbocycles. The van der Waals surface area contributed by atoms with Crippen LogP contribution in [0.15, 0.2) is 6.07 Å². The summed E-state index contributed by atoms with van der Waals surface area (Å²) < 4.78 is 0. The van der Waals surface area contributed by atoms with Crippen molar-refractivity contribution in [1.82, 2.24) is 14.9 Å². The van der Waals surface area contributed by atoms with Crippen molar-refractivity contribution < 1.29 is 10.2 Å². The molecule has 3 heterocycles. The molecule has 0 bridgehead atoms. The topological polar surface area (TPSA) is 102 Å². The summed E-state index contributed by atoms with van der Waals surface area (Å²) in [6.45, 7) is 7.17. The average Bonchev–Trinajstić information content (AvgIpc) is 2.64. The van der Waals surface area contributed by atoms with Gasteiger partial charge in [0, 0.05) is 50.7 Å². The van der Waals surface area contributed by atoms with E-state index < -0.39 is 11.5 Å². The summed E-state index contributed by atoms with van der Waals surface area (Å²) >= 11 is 0. The molecular weight excluding hydrogens is 332 g/mol. The maximum Gasteiger partial charge on any atom is 0.223 e. The van der Waals surface area contributed by atoms with E-state index in [0.29, 0.717) is 19.5 Å². The van der Waals surface area contributed by atoms with Crippen molar-refractivity contribution in [3.63, 3.8) is 0 Å². The normalized spacial score (nSPS) is 27.8. The lowest BCUT2D eigenvalue weighted by Gasteiger charge is -2.46. The molecule has 1 aromatic heterocycles. The third kappa shape index (κ3) is 3.87. The van der Waals surface area contributed by atoms with Crippen molar-refractivity contribution in [1.29, 1.82) is 0 Å². The first-order valence-electron chi connectivity index (χ1n) is 9.59. The van der Waals surface area contributed by atoms with Crippen LogP contribution in [0.2, 0.25) is 0 Å². The van der Waals surface area contributed by atoms with E-state index in [1.54, 1.807) is 0 Å². The van der Waals surface area contributed by atoms with Crippen LogP contribution >= 0.6 is 0 Å². The maximum atomic E-state index is 10.5. The molecule has 2 aliphatic rings. The van der Waals surface area contributed by atoms with E-state index in [2.05, 4.69) is 38.6 Å². The van der Waals surface area contributed by atoms with Crippen LogP contribution in [-0.4, -0.2) is 84.1 Å². The van der Waals surface area contributed by atoms with Gasteiger partial charge in [-0.3, -0.25) is 0 Å². The van der Waals surface area contributed by atoms with Crippen LogP contribution in [-0.2, 0) is 0 Å². The van der Waals surface area contributed by atoms with E-state index in [1.165, 1.54) is 0 Å². The number of anilines is 3. The molecular formula is C18H32N6O2. The van der Waals surface area contributed by atoms with E-state index in [-0.39, 0.29) is 12.6 Å². The second-order valence-corrected chi connectivity index (χ2v) is 7.73. The highest BCUT2D eigenvalue weighted by molar-refractivity contribution is 5.54. The number of hydrogen-bond acceptors (Lipinski definition) is 8. The number of aliphatic hydroxyl groups excluding tert-OH is 2. The summed E-state index contributed by atoms with van der Waals surface area (Å²) in [6, 6.07) is 1.99. The van der Waals surface area contributed by atoms with Crippen LogP contribution in [0.25, 0.3) is 0 Å². The van der Waals surface area contributed by atoms with Crippen LogP contribution in [0, 0.1) is 5.41 Å². The molecule has 2 fully saturated rings. The van der Waals surface area contributed by atoms with Crippen molar-refractivity contribution >= 4 is 17.6 Å². The van der Waals surface area contributed by atoms with Gasteiger partial charge in [-0.2, -0.15) is 9.97 Å². The van der Waals surface area contributed by atoms with Gasteiger partial charge in [0.1, 0.15) is 11.6 Å². The van der Waals surface area contributed by atoms with Gasteiger partial charge in [0.25, 0.3) is 0 Å². The number of hydrogen-bond donors (Lipinski definition) is 3. The molecule has 4 N–H and O–H groups in total. The van der Waals surface area contributed by atoms with Crippen molar-refractivity contribution in [2.75, 3.05) is 68.5 Å². The zero-order valence-corrected chi connectivity index (χ0v) is 15.9. The third-order valence-corrected chi connectivity index (χ3v) is 5.82. The molecule has 2 aliphatic heterocycles. The lowest BCUT2D eigenvalue weighted by molar-refractivity contribution is -0.0353. The van der Waals surface area contributed by atoms with Crippen LogP contribution in [0.1, 0.15) is 26.2 Å². The summed E-state index contributed by atoms with van der Waals surface area (Å²) in [5.74, 6) is 1.91. The number of nitrogens with two attached hydrogens (primary N) is 1. The summed E-state index contributed by atoms with van der Waals surface area (Å²) in [5.41, 5.74) is 5.50. The van der Waals surface area contributed by atoms with Gasteiger partial charge >= 0.3 is 0 Å². The van der Waals surface area contributed by atoms with Gasteiger partial charge in [0.2, 0.25) is 5.95 Å². The van der Waals surface area contributed by atoms with Gasteiger partial charge in [-0.15, -0.1) is 0 Å². The molecule has 0 unspecified atom stereocenters. The summed E-state index contributed by atoms with van der Waals surface area (Å²) in [7, 11) is 2.12. The van der Waals surface area contributed by atoms with Crippen molar-refractivity contribution in [3.05, 3.63) is 6.07 Å². The van der Waals surface area contributed by atoms with Crippen LogP contribution in [0.5, 0.6) is 0 Å². The van der Waals surface area contributed by atoms with E-state index in [1.807, 2.05) is 6.07 Å². The Hall–Kier alpha value is -1.64. The smallest absolute Gasteiger partial charge is 0.223 e. The van der Waals surface area contributed by atoms with Crippen LogP contribution in [0.4, 0.5) is 17.6 Å². The Bertz CT molecular complexity index is 607. The zero-order chi connectivity index (χ0) is 18.7. The fourth-order valence-corrected chi connectivity index (χ4v) is 4.12. The number of rotatable bonds is 5. The number of piperazine rings is 1. The molecule has 1 aromatic rings. The molecule has 2 atom stereocenters. The van der Waals surface area contributed by atoms with Crippen LogP contribution < -0.4 is 15.5 Å². The van der Waals surface area contributed by atoms with Crippen molar-refractivity contribution in [2.24, 2.45) is 5.41 Å². The fraction of sp³-hybridized carbons (Fsp3) is 0.778. The number of aliphatic hydroxyl groups is 2. The van der Waals surface area contributed by atoms with Gasteiger partial charge in [0.05, 0.1) is 12.7 Å². The number of aromatic nitrogens is 2. The Morgan fingerprint density at radius 1 is 1.15 bits per heavy atom. The average molecular weight is 364 g/mol. The van der Waals surface area contributed by atoms with Crippen molar-refractivity contribution in [3.8, 4) is 0 Å². The van der Waals surface area contributed by atoms with Crippen LogP contribution in [0.3, 0.4) is 0 Å². The highest BCUT2D eigenvalue weighted by atomic mass is 16.3. The minimum atomic E-state index is -0.499. The van der Waals surface area contributed by atoms with E-state index in [9.17, 15) is 10.2 Å². The second kappa shape index (κ2) is 7.94. The maximum absolute atomic E-state index is 10.5. The van der Waals surface area contributed by atoms with E-state index in [0.717, 1.165) is 50.7 Å². The minimum Gasteiger partial charge on any atom is -0.396 e. The Kier molecular flexibility index (Phi) is 5.84. The first-order valence-corrected chi connectivity index (χ1v) is 9.59. The highest BCUT2D eigenvalue weighted by Gasteiger charge is 2.42. The predicted molar refractivity (Wildman–Crippen MR) is 103 cm³/mol. The Morgan fingerprint density at radius 2 is 1.81 bits per heavy atom. The van der Waals surface area contributed by atoms with E-state index >= 15 is 0 Å². The fourth-order valence-electron chi connectivity index (χ4n) is 4.12. The lowest BCUT2D eigenvalue weighted by Crippen LogP contribution is -2.54. The number of nitrogen functional groups attached to an aromatic ring is 1. The quantitative estimate of drug-likeness (QED) is 0.679. The Balaban J connectivity index is 1.82. The molecule has 8 nitrogen and oxygen atoms in total. The third-order valence-electron chi connectivity index (χ3n) is 5.82. The molecule has 26 heavy (non-hydrogen) atoms.